The van der Waals surface area contributed by atoms with Gasteiger partial charge in [0.25, 0.3) is 0 Å². The van der Waals surface area contributed by atoms with E-state index >= 15 is 0 Å². The van der Waals surface area contributed by atoms with Crippen LogP contribution in [0.2, 0.25) is 0 Å². The molecule has 112 valence electrons. The predicted molar refractivity (Wildman–Crippen MR) is 68.4 cm³/mol. The summed E-state index contributed by atoms with van der Waals surface area (Å²) in [5.74, 6) is -2.97. The van der Waals surface area contributed by atoms with Crippen molar-refractivity contribution in [3.05, 3.63) is 39.8 Å². The van der Waals surface area contributed by atoms with Gasteiger partial charge in [0.2, 0.25) is 17.5 Å². The third kappa shape index (κ3) is 2.72. The smallest absolute Gasteiger partial charge is 0.305 e. The lowest BCUT2D eigenvalue weighted by Gasteiger charge is -2.09. The maximum atomic E-state index is 14.0. The molecule has 0 spiro atoms. The van der Waals surface area contributed by atoms with E-state index in [1.54, 1.807) is 13.8 Å². The van der Waals surface area contributed by atoms with Gasteiger partial charge in [0.1, 0.15) is 11.4 Å². The molecular formula is C12H12F2N4O3. The standard InChI is InChI=1S/C12H12F2N4O3/c1-5(6(2)15)12-16-11(17-21-12)9-7(13)3-4-8(10(9)14)18(19)20/h3-6H,15H2,1-2H3. The molecule has 2 rings (SSSR count). The van der Waals surface area contributed by atoms with Gasteiger partial charge in [-0.3, -0.25) is 10.1 Å². The number of nitro groups is 1. The largest absolute Gasteiger partial charge is 0.339 e. The third-order valence-corrected chi connectivity index (χ3v) is 3.11. The quantitative estimate of drug-likeness (QED) is 0.685. The first-order chi connectivity index (χ1) is 9.82. The minimum atomic E-state index is -1.35. The number of nitro benzene ring substituents is 1. The summed E-state index contributed by atoms with van der Waals surface area (Å²) in [5, 5.41) is 14.1. The SMILES string of the molecule is CC(N)C(C)c1nc(-c2c(F)ccc([N+](=O)[O-])c2F)no1. The molecule has 21 heavy (non-hydrogen) atoms. The van der Waals surface area contributed by atoms with Crippen LogP contribution in [0, 0.1) is 21.7 Å². The second-order valence-corrected chi connectivity index (χ2v) is 4.62. The van der Waals surface area contributed by atoms with Gasteiger partial charge in [0.15, 0.2) is 0 Å². The summed E-state index contributed by atoms with van der Waals surface area (Å²) in [6.45, 7) is 3.42. The molecular weight excluding hydrogens is 286 g/mol. The molecule has 0 saturated carbocycles. The van der Waals surface area contributed by atoms with Gasteiger partial charge >= 0.3 is 5.69 Å². The molecule has 1 aromatic carbocycles. The van der Waals surface area contributed by atoms with E-state index in [9.17, 15) is 18.9 Å². The molecule has 0 radical (unpaired) electrons. The molecule has 0 aliphatic rings. The maximum absolute atomic E-state index is 14.0. The number of halogens is 2. The van der Waals surface area contributed by atoms with Gasteiger partial charge in [-0.25, -0.2) is 4.39 Å². The molecule has 9 heteroatoms. The molecule has 1 heterocycles. The minimum absolute atomic E-state index is 0.102. The summed E-state index contributed by atoms with van der Waals surface area (Å²) in [6.07, 6.45) is 0. The Hall–Kier alpha value is -2.42. The zero-order valence-electron chi connectivity index (χ0n) is 11.2. The molecule has 0 saturated heterocycles. The number of hydrogen-bond acceptors (Lipinski definition) is 6. The molecule has 1 aromatic heterocycles. The van der Waals surface area contributed by atoms with Gasteiger partial charge in [-0.1, -0.05) is 12.1 Å². The van der Waals surface area contributed by atoms with Crippen molar-refractivity contribution >= 4 is 5.69 Å². The minimum Gasteiger partial charge on any atom is -0.339 e. The van der Waals surface area contributed by atoms with Crippen LogP contribution in [-0.2, 0) is 0 Å². The van der Waals surface area contributed by atoms with Crippen LogP contribution >= 0.6 is 0 Å². The highest BCUT2D eigenvalue weighted by Gasteiger charge is 2.27. The van der Waals surface area contributed by atoms with Gasteiger partial charge in [-0.2, -0.15) is 9.37 Å². The fourth-order valence-electron chi connectivity index (χ4n) is 1.63. The fraction of sp³-hybridized carbons (Fsp3) is 0.333. The normalized spacial score (nSPS) is 14.0. The molecule has 0 aliphatic carbocycles. The highest BCUT2D eigenvalue weighted by molar-refractivity contribution is 5.61. The molecule has 0 amide bonds. The maximum Gasteiger partial charge on any atom is 0.305 e. The van der Waals surface area contributed by atoms with Gasteiger partial charge in [0.05, 0.1) is 10.8 Å². The van der Waals surface area contributed by atoms with E-state index in [-0.39, 0.29) is 17.9 Å². The Kier molecular flexibility index (Phi) is 3.94. The van der Waals surface area contributed by atoms with Crippen LogP contribution < -0.4 is 5.73 Å². The molecule has 7 nitrogen and oxygen atoms in total. The zero-order chi connectivity index (χ0) is 15.7. The Morgan fingerprint density at radius 2 is 2.05 bits per heavy atom. The van der Waals surface area contributed by atoms with E-state index in [1.807, 2.05) is 0 Å². The van der Waals surface area contributed by atoms with Crippen molar-refractivity contribution in [2.75, 3.05) is 0 Å². The Bertz CT molecular complexity index is 687. The van der Waals surface area contributed by atoms with Crippen molar-refractivity contribution < 1.29 is 18.2 Å². The summed E-state index contributed by atoms with van der Waals surface area (Å²) < 4.78 is 32.7. The number of aromatic nitrogens is 2. The lowest BCUT2D eigenvalue weighted by atomic mass is 10.1. The average molecular weight is 298 g/mol. The van der Waals surface area contributed by atoms with E-state index in [0.717, 1.165) is 12.1 Å². The van der Waals surface area contributed by atoms with Crippen LogP contribution in [0.25, 0.3) is 11.4 Å². The molecule has 2 atom stereocenters. The van der Waals surface area contributed by atoms with Crippen molar-refractivity contribution in [3.63, 3.8) is 0 Å². The lowest BCUT2D eigenvalue weighted by Crippen LogP contribution is -2.22. The predicted octanol–water partition coefficient (Wildman–Crippen LogP) is 2.37. The van der Waals surface area contributed by atoms with E-state index in [1.165, 1.54) is 0 Å². The summed E-state index contributed by atoms with van der Waals surface area (Å²) >= 11 is 0. The monoisotopic (exact) mass is 298 g/mol. The third-order valence-electron chi connectivity index (χ3n) is 3.11. The van der Waals surface area contributed by atoms with Crippen molar-refractivity contribution in [1.82, 2.24) is 10.1 Å². The Balaban J connectivity index is 2.52. The van der Waals surface area contributed by atoms with E-state index in [4.69, 9.17) is 10.3 Å². The lowest BCUT2D eigenvalue weighted by molar-refractivity contribution is -0.387. The van der Waals surface area contributed by atoms with Gasteiger partial charge in [-0.05, 0) is 13.0 Å². The summed E-state index contributed by atoms with van der Waals surface area (Å²) in [7, 11) is 0. The molecule has 0 aliphatic heterocycles. The summed E-state index contributed by atoms with van der Waals surface area (Å²) in [4.78, 5) is 13.6. The van der Waals surface area contributed by atoms with Gasteiger partial charge in [-0.15, -0.1) is 0 Å². The topological polar surface area (TPSA) is 108 Å². The average Bonchev–Trinajstić information content (AvgIpc) is 2.86. The number of benzene rings is 1. The zero-order valence-corrected chi connectivity index (χ0v) is 11.2. The van der Waals surface area contributed by atoms with Crippen LogP contribution in [0.3, 0.4) is 0 Å². The van der Waals surface area contributed by atoms with Crippen molar-refractivity contribution in [1.29, 1.82) is 0 Å². The Labute approximate surface area is 117 Å². The number of nitrogens with two attached hydrogens (primary N) is 1. The fourth-order valence-corrected chi connectivity index (χ4v) is 1.63. The van der Waals surface area contributed by atoms with Crippen molar-refractivity contribution in [2.45, 2.75) is 25.8 Å². The van der Waals surface area contributed by atoms with Gasteiger partial charge < -0.3 is 10.3 Å². The summed E-state index contributed by atoms with van der Waals surface area (Å²) in [5.41, 5.74) is 4.11. The molecule has 0 bridgehead atoms. The molecule has 2 unspecified atom stereocenters. The number of nitrogens with zero attached hydrogens (tertiary/aromatic N) is 3. The molecule has 2 N–H and O–H groups in total. The van der Waals surface area contributed by atoms with Crippen LogP contribution in [0.4, 0.5) is 14.5 Å². The summed E-state index contributed by atoms with van der Waals surface area (Å²) in [6, 6.07) is 1.21. The first-order valence-corrected chi connectivity index (χ1v) is 6.04. The van der Waals surface area contributed by atoms with Crippen LogP contribution in [-0.4, -0.2) is 21.1 Å². The van der Waals surface area contributed by atoms with E-state index in [0.29, 0.717) is 0 Å². The van der Waals surface area contributed by atoms with Gasteiger partial charge in [0, 0.05) is 12.1 Å². The number of rotatable bonds is 4. The highest BCUT2D eigenvalue weighted by atomic mass is 19.1. The second kappa shape index (κ2) is 5.52. The first kappa shape index (κ1) is 15.0. The Morgan fingerprint density at radius 3 is 2.62 bits per heavy atom. The van der Waals surface area contributed by atoms with Crippen LogP contribution in [0.5, 0.6) is 0 Å². The molecule has 0 fully saturated rings. The van der Waals surface area contributed by atoms with E-state index in [2.05, 4.69) is 10.1 Å². The van der Waals surface area contributed by atoms with Crippen molar-refractivity contribution in [3.8, 4) is 11.4 Å². The second-order valence-electron chi connectivity index (χ2n) is 4.62. The van der Waals surface area contributed by atoms with E-state index < -0.39 is 33.6 Å². The first-order valence-electron chi connectivity index (χ1n) is 6.04. The number of hydrogen-bond donors (Lipinski definition) is 1. The highest BCUT2D eigenvalue weighted by Crippen LogP contribution is 2.30. The Morgan fingerprint density at radius 1 is 1.38 bits per heavy atom. The van der Waals surface area contributed by atoms with Crippen LogP contribution in [0.1, 0.15) is 25.7 Å². The van der Waals surface area contributed by atoms with Crippen LogP contribution in [0.15, 0.2) is 16.7 Å². The molecule has 2 aromatic rings. The van der Waals surface area contributed by atoms with Crippen molar-refractivity contribution in [2.24, 2.45) is 5.73 Å².